The van der Waals surface area contributed by atoms with Crippen LogP contribution >= 0.6 is 0 Å². The Hall–Kier alpha value is -1.60. The Balaban J connectivity index is 0.000000325. The van der Waals surface area contributed by atoms with E-state index in [1.807, 2.05) is 18.2 Å². The fourth-order valence-corrected chi connectivity index (χ4v) is 1.23. The third-order valence-electron chi connectivity index (χ3n) is 2.17. The molecule has 0 aliphatic rings. The lowest BCUT2D eigenvalue weighted by Gasteiger charge is -1.96. The second-order valence-corrected chi connectivity index (χ2v) is 3.54. The smallest absolute Gasteiger partial charge is 0.0135 e. The predicted octanol–water partition coefficient (Wildman–Crippen LogP) is 3.84. The molecule has 0 aromatic heterocycles. The van der Waals surface area contributed by atoms with Gasteiger partial charge in [-0.25, -0.2) is 0 Å². The molecule has 0 amide bonds. The lowest BCUT2D eigenvalue weighted by molar-refractivity contribution is 0.845. The highest BCUT2D eigenvalue weighted by molar-refractivity contribution is 5.47. The molecule has 0 heterocycles. The molecule has 0 aliphatic carbocycles. The van der Waals surface area contributed by atoms with Crippen LogP contribution in [0.1, 0.15) is 18.1 Å². The van der Waals surface area contributed by atoms with E-state index < -0.39 is 0 Å². The molecule has 1 heteroatoms. The minimum absolute atomic E-state index is 0.867. The second-order valence-electron chi connectivity index (χ2n) is 3.54. The second kappa shape index (κ2) is 10.9. The van der Waals surface area contributed by atoms with Crippen molar-refractivity contribution in [3.8, 4) is 0 Å². The van der Waals surface area contributed by atoms with Crippen molar-refractivity contribution in [1.82, 2.24) is 5.32 Å². The van der Waals surface area contributed by atoms with Crippen LogP contribution in [0.25, 0.3) is 6.08 Å². The van der Waals surface area contributed by atoms with Gasteiger partial charge in [0.15, 0.2) is 0 Å². The van der Waals surface area contributed by atoms with E-state index in [9.17, 15) is 0 Å². The summed E-state index contributed by atoms with van der Waals surface area (Å²) in [5, 5.41) is 3.05. The topological polar surface area (TPSA) is 12.0 Å². The van der Waals surface area contributed by atoms with Crippen LogP contribution in [0.3, 0.4) is 0 Å². The minimum Gasteiger partial charge on any atom is -0.310 e. The lowest BCUT2D eigenvalue weighted by Crippen LogP contribution is -2.11. The fourth-order valence-electron chi connectivity index (χ4n) is 1.23. The van der Waals surface area contributed by atoms with Gasteiger partial charge in [0.2, 0.25) is 0 Å². The van der Waals surface area contributed by atoms with Crippen molar-refractivity contribution in [3.63, 3.8) is 0 Å². The van der Waals surface area contributed by atoms with Crippen LogP contribution in [-0.4, -0.2) is 13.1 Å². The van der Waals surface area contributed by atoms with Crippen molar-refractivity contribution in [2.24, 2.45) is 0 Å². The average Bonchev–Trinajstić information content (AvgIpc) is 2.40. The van der Waals surface area contributed by atoms with Gasteiger partial charge < -0.3 is 5.32 Å². The maximum absolute atomic E-state index is 3.71. The lowest BCUT2D eigenvalue weighted by atomic mass is 10.1. The van der Waals surface area contributed by atoms with Crippen LogP contribution < -0.4 is 5.32 Å². The third-order valence-corrected chi connectivity index (χ3v) is 2.17. The van der Waals surface area contributed by atoms with Gasteiger partial charge in [-0.05, 0) is 17.5 Å². The summed E-state index contributed by atoms with van der Waals surface area (Å²) in [7, 11) is 0. The molecule has 0 saturated heterocycles. The van der Waals surface area contributed by atoms with Crippen LogP contribution in [0.4, 0.5) is 0 Å². The van der Waals surface area contributed by atoms with Crippen LogP contribution in [0.5, 0.6) is 0 Å². The van der Waals surface area contributed by atoms with Crippen molar-refractivity contribution in [1.29, 1.82) is 0 Å². The molecule has 92 valence electrons. The quantitative estimate of drug-likeness (QED) is 0.577. The molecule has 0 fully saturated rings. The zero-order valence-corrected chi connectivity index (χ0v) is 10.8. The van der Waals surface area contributed by atoms with E-state index in [2.05, 4.69) is 56.2 Å². The highest BCUT2D eigenvalue weighted by Gasteiger charge is 1.87. The Bertz CT molecular complexity index is 331. The molecule has 0 atom stereocenters. The van der Waals surface area contributed by atoms with Crippen LogP contribution in [-0.2, 0) is 6.42 Å². The summed E-state index contributed by atoms with van der Waals surface area (Å²) in [6.07, 6.45) is 6.62. The van der Waals surface area contributed by atoms with Gasteiger partial charge in [0.1, 0.15) is 0 Å². The molecule has 1 aromatic carbocycles. The normalized spacial score (nSPS) is 8.76. The Kier molecular flexibility index (Phi) is 9.88. The Labute approximate surface area is 106 Å². The van der Waals surface area contributed by atoms with Gasteiger partial charge >= 0.3 is 0 Å². The molecule has 0 bridgehead atoms. The molecule has 0 saturated carbocycles. The molecule has 0 aliphatic heterocycles. The summed E-state index contributed by atoms with van der Waals surface area (Å²) in [6, 6.07) is 8.42. The first-order valence-corrected chi connectivity index (χ1v) is 5.92. The van der Waals surface area contributed by atoms with Gasteiger partial charge in [-0.15, -0.1) is 13.2 Å². The minimum atomic E-state index is 0.867. The summed E-state index contributed by atoms with van der Waals surface area (Å²) in [6.45, 7) is 14.7. The van der Waals surface area contributed by atoms with E-state index in [0.29, 0.717) is 0 Å². The van der Waals surface area contributed by atoms with Crippen LogP contribution in [0.15, 0.2) is 56.2 Å². The number of benzene rings is 1. The molecule has 0 spiro atoms. The standard InChI is InChI=1S/C10H12.C6H11N/c1-3-9-6-5-7-10(4-2)8-9;1-3-5-7-6-4-2/h3,5-8H,1,4H2,2H3;3-4,7H,1-2,5-6H2. The summed E-state index contributed by atoms with van der Waals surface area (Å²) in [5.74, 6) is 0. The molecule has 17 heavy (non-hydrogen) atoms. The molecule has 1 nitrogen and oxygen atoms in total. The Morgan fingerprint density at radius 2 is 1.76 bits per heavy atom. The van der Waals surface area contributed by atoms with E-state index in [1.54, 1.807) is 0 Å². The Morgan fingerprint density at radius 1 is 1.12 bits per heavy atom. The largest absolute Gasteiger partial charge is 0.310 e. The van der Waals surface area contributed by atoms with E-state index >= 15 is 0 Å². The number of nitrogens with one attached hydrogen (secondary N) is 1. The SMILES string of the molecule is C=CCNCC=C.C=Cc1cccc(CC)c1. The summed E-state index contributed by atoms with van der Waals surface area (Å²) < 4.78 is 0. The van der Waals surface area contributed by atoms with E-state index in [1.165, 1.54) is 11.1 Å². The molecule has 1 N–H and O–H groups in total. The molecule has 0 unspecified atom stereocenters. The first-order chi connectivity index (χ1) is 8.28. The van der Waals surface area contributed by atoms with E-state index in [0.717, 1.165) is 19.5 Å². The van der Waals surface area contributed by atoms with Crippen LogP contribution in [0, 0.1) is 0 Å². The average molecular weight is 229 g/mol. The van der Waals surface area contributed by atoms with Gasteiger partial charge in [0.25, 0.3) is 0 Å². The first-order valence-electron chi connectivity index (χ1n) is 5.92. The molecule has 1 rings (SSSR count). The highest BCUT2D eigenvalue weighted by Crippen LogP contribution is 2.06. The van der Waals surface area contributed by atoms with Crippen molar-refractivity contribution >= 4 is 6.08 Å². The summed E-state index contributed by atoms with van der Waals surface area (Å²) in [5.41, 5.74) is 2.58. The number of aryl methyl sites for hydroxylation is 1. The predicted molar refractivity (Wildman–Crippen MR) is 79.2 cm³/mol. The first kappa shape index (κ1) is 15.4. The molecule has 0 radical (unpaired) electrons. The van der Waals surface area contributed by atoms with Crippen LogP contribution in [0.2, 0.25) is 0 Å². The van der Waals surface area contributed by atoms with Gasteiger partial charge in [-0.1, -0.05) is 56.0 Å². The zero-order chi connectivity index (χ0) is 12.9. The summed E-state index contributed by atoms with van der Waals surface area (Å²) in [4.78, 5) is 0. The fraction of sp³-hybridized carbons (Fsp3) is 0.250. The van der Waals surface area contributed by atoms with Gasteiger partial charge in [-0.3, -0.25) is 0 Å². The zero-order valence-electron chi connectivity index (χ0n) is 10.8. The number of hydrogen-bond acceptors (Lipinski definition) is 1. The highest BCUT2D eigenvalue weighted by atomic mass is 14.8. The van der Waals surface area contributed by atoms with E-state index in [4.69, 9.17) is 0 Å². The van der Waals surface area contributed by atoms with Gasteiger partial charge in [0.05, 0.1) is 0 Å². The Morgan fingerprint density at radius 3 is 2.24 bits per heavy atom. The molecular formula is C16H23N. The van der Waals surface area contributed by atoms with Gasteiger partial charge in [0, 0.05) is 13.1 Å². The van der Waals surface area contributed by atoms with Gasteiger partial charge in [-0.2, -0.15) is 0 Å². The van der Waals surface area contributed by atoms with Crippen molar-refractivity contribution in [3.05, 3.63) is 67.3 Å². The third kappa shape index (κ3) is 8.23. The maximum Gasteiger partial charge on any atom is 0.0135 e. The maximum atomic E-state index is 3.71. The number of hydrogen-bond donors (Lipinski definition) is 1. The van der Waals surface area contributed by atoms with Crippen molar-refractivity contribution in [2.45, 2.75) is 13.3 Å². The van der Waals surface area contributed by atoms with Crippen molar-refractivity contribution in [2.75, 3.05) is 13.1 Å². The molecular weight excluding hydrogens is 206 g/mol. The summed E-state index contributed by atoms with van der Waals surface area (Å²) >= 11 is 0. The van der Waals surface area contributed by atoms with Crippen molar-refractivity contribution < 1.29 is 0 Å². The van der Waals surface area contributed by atoms with E-state index in [-0.39, 0.29) is 0 Å². The number of rotatable bonds is 6. The monoisotopic (exact) mass is 229 g/mol. The molecule has 1 aromatic rings.